The third-order valence-electron chi connectivity index (χ3n) is 6.80. The number of carbonyl (C=O) groups excluding carboxylic acids is 1. The summed E-state index contributed by atoms with van der Waals surface area (Å²) in [6.45, 7) is 6.49. The molecule has 0 fully saturated rings. The lowest BCUT2D eigenvalue weighted by Gasteiger charge is -2.23. The number of halogens is 1. The number of aryl methyl sites for hydroxylation is 4. The fraction of sp³-hybridized carbons (Fsp3) is 0.516. The van der Waals surface area contributed by atoms with Crippen molar-refractivity contribution in [1.29, 1.82) is 0 Å². The van der Waals surface area contributed by atoms with E-state index in [-0.39, 0.29) is 6.61 Å². The normalized spacial score (nSPS) is 12.5. The van der Waals surface area contributed by atoms with Crippen LogP contribution in [0.3, 0.4) is 0 Å². The van der Waals surface area contributed by atoms with Gasteiger partial charge in [0, 0.05) is 30.4 Å². The average Bonchev–Trinajstić information content (AvgIpc) is 2.92. The summed E-state index contributed by atoms with van der Waals surface area (Å²) in [4.78, 5) is 35.6. The Hall–Kier alpha value is -3.14. The molecule has 2 aromatic carbocycles. The first-order valence-electron chi connectivity index (χ1n) is 14.1. The molecule has 0 radical (unpaired) electrons. The minimum Gasteiger partial charge on any atom is -0.480 e. The van der Waals surface area contributed by atoms with E-state index >= 15 is 0 Å². The minimum atomic E-state index is -1.73. The summed E-state index contributed by atoms with van der Waals surface area (Å²) in [6.07, 6.45) is 2.48. The van der Waals surface area contributed by atoms with Gasteiger partial charge in [-0.05, 0) is 93.7 Å². The molecule has 0 aliphatic rings. The van der Waals surface area contributed by atoms with Crippen molar-refractivity contribution in [3.05, 3.63) is 63.7 Å². The van der Waals surface area contributed by atoms with Crippen molar-refractivity contribution in [3.63, 3.8) is 0 Å². The van der Waals surface area contributed by atoms with Gasteiger partial charge in [0.1, 0.15) is 6.61 Å². The molecule has 0 aromatic heterocycles. The number of carboxylic acid groups (broad SMARTS) is 2. The number of carboxylic acids is 2. The predicted molar refractivity (Wildman–Crippen MR) is 160 cm³/mol. The van der Waals surface area contributed by atoms with Gasteiger partial charge in [-0.15, -0.1) is 0 Å². The van der Waals surface area contributed by atoms with Crippen LogP contribution in [0, 0.1) is 20.8 Å². The molecule has 41 heavy (non-hydrogen) atoms. The highest BCUT2D eigenvalue weighted by molar-refractivity contribution is 6.31. The fourth-order valence-corrected chi connectivity index (χ4v) is 4.38. The molecular weight excluding hydrogens is 548 g/mol. The van der Waals surface area contributed by atoms with Gasteiger partial charge in [-0.3, -0.25) is 4.79 Å². The Morgan fingerprint density at radius 2 is 1.51 bits per heavy atom. The molecule has 0 saturated carbocycles. The third kappa shape index (κ3) is 12.9. The van der Waals surface area contributed by atoms with Crippen molar-refractivity contribution in [2.24, 2.45) is 0 Å². The maximum Gasteiger partial charge on any atom is 0.336 e. The number of benzene rings is 2. The Morgan fingerprint density at radius 3 is 2.20 bits per heavy atom. The Morgan fingerprint density at radius 1 is 0.805 bits per heavy atom. The van der Waals surface area contributed by atoms with E-state index < -0.39 is 36.7 Å². The summed E-state index contributed by atoms with van der Waals surface area (Å²) < 4.78 is 10.7. The molecule has 10 heteroatoms. The third-order valence-corrected chi connectivity index (χ3v) is 7.20. The molecule has 2 rings (SSSR count). The number of hydrogen-bond acceptors (Lipinski definition) is 6. The van der Waals surface area contributed by atoms with Crippen LogP contribution < -0.4 is 10.6 Å². The van der Waals surface area contributed by atoms with Crippen LogP contribution in [0.4, 0.5) is 5.69 Å². The molecule has 0 bridgehead atoms. The van der Waals surface area contributed by atoms with Crippen LogP contribution in [0.2, 0.25) is 5.02 Å². The van der Waals surface area contributed by atoms with Gasteiger partial charge in [-0.1, -0.05) is 42.3 Å². The number of nitrogens with one attached hydrogen (secondary N) is 2. The Bertz CT molecular complexity index is 1140. The van der Waals surface area contributed by atoms with E-state index in [9.17, 15) is 19.5 Å². The van der Waals surface area contributed by atoms with Crippen LogP contribution in [0.1, 0.15) is 60.8 Å². The van der Waals surface area contributed by atoms with Crippen LogP contribution in [0.15, 0.2) is 36.4 Å². The first-order valence-corrected chi connectivity index (χ1v) is 14.5. The molecule has 226 valence electrons. The van der Waals surface area contributed by atoms with Crippen molar-refractivity contribution < 1.29 is 34.1 Å². The predicted octanol–water partition coefficient (Wildman–Crippen LogP) is 5.32. The van der Waals surface area contributed by atoms with Gasteiger partial charge in [-0.2, -0.15) is 0 Å². The number of anilines is 1. The van der Waals surface area contributed by atoms with Crippen molar-refractivity contribution >= 4 is 35.1 Å². The van der Waals surface area contributed by atoms with Crippen LogP contribution in [0.25, 0.3) is 0 Å². The van der Waals surface area contributed by atoms with Gasteiger partial charge in [0.05, 0.1) is 0 Å². The highest BCUT2D eigenvalue weighted by atomic mass is 35.5. The summed E-state index contributed by atoms with van der Waals surface area (Å²) >= 11 is 6.15. The lowest BCUT2D eigenvalue weighted by atomic mass is 10.0. The van der Waals surface area contributed by atoms with Crippen molar-refractivity contribution in [2.75, 3.05) is 31.6 Å². The number of amides is 1. The monoisotopic (exact) mass is 590 g/mol. The molecule has 0 spiro atoms. The van der Waals surface area contributed by atoms with E-state index in [2.05, 4.69) is 42.7 Å². The number of rotatable bonds is 20. The van der Waals surface area contributed by atoms with Crippen LogP contribution in [-0.4, -0.2) is 66.6 Å². The summed E-state index contributed by atoms with van der Waals surface area (Å²) in [5.41, 5.74) is 5.73. The molecule has 0 saturated heterocycles. The first kappa shape index (κ1) is 34.1. The standard InChI is InChI=1S/C31H43ClN2O7/c1-21-11-13-24(18-23(21)3)10-6-4-9-17-40-28(29(31(38)39)41-20-27(35)36)30(37)34-16-8-5-7-15-33-25-14-12-22(2)26(32)19-25/h11-14,18-19,28-29,33H,4-10,15-17,20H2,1-3H3,(H,34,37)(H,35,36)(H,38,39). The molecule has 2 aromatic rings. The molecule has 2 unspecified atom stereocenters. The highest BCUT2D eigenvalue weighted by Gasteiger charge is 2.36. The van der Waals surface area contributed by atoms with E-state index in [0.29, 0.717) is 24.4 Å². The second-order valence-corrected chi connectivity index (χ2v) is 10.6. The van der Waals surface area contributed by atoms with E-state index in [1.807, 2.05) is 25.1 Å². The van der Waals surface area contributed by atoms with E-state index in [1.54, 1.807) is 0 Å². The molecule has 9 nitrogen and oxygen atoms in total. The topological polar surface area (TPSA) is 134 Å². The summed E-state index contributed by atoms with van der Waals surface area (Å²) in [7, 11) is 0. The van der Waals surface area contributed by atoms with Gasteiger partial charge in [-0.25, -0.2) is 9.59 Å². The number of ether oxygens (including phenoxy) is 2. The Labute approximate surface area is 247 Å². The van der Waals surface area contributed by atoms with E-state index in [0.717, 1.165) is 49.9 Å². The number of hydrogen-bond donors (Lipinski definition) is 4. The van der Waals surface area contributed by atoms with Gasteiger partial charge in [0.2, 0.25) is 0 Å². The number of aliphatic carboxylic acids is 2. The lowest BCUT2D eigenvalue weighted by Crippen LogP contribution is -2.49. The Kier molecular flexibility index (Phi) is 15.2. The zero-order valence-electron chi connectivity index (χ0n) is 24.2. The maximum atomic E-state index is 12.9. The quantitative estimate of drug-likeness (QED) is 0.152. The summed E-state index contributed by atoms with van der Waals surface area (Å²) in [5.74, 6) is -3.42. The fourth-order valence-electron chi connectivity index (χ4n) is 4.20. The van der Waals surface area contributed by atoms with Crippen molar-refractivity contribution in [2.45, 2.75) is 77.9 Å². The Balaban J connectivity index is 1.77. The molecule has 0 aliphatic heterocycles. The first-order chi connectivity index (χ1) is 19.6. The largest absolute Gasteiger partial charge is 0.480 e. The maximum absolute atomic E-state index is 12.9. The average molecular weight is 591 g/mol. The van der Waals surface area contributed by atoms with Gasteiger partial charge in [0.15, 0.2) is 12.2 Å². The molecule has 0 aliphatic carbocycles. The van der Waals surface area contributed by atoms with Crippen molar-refractivity contribution in [3.8, 4) is 0 Å². The van der Waals surface area contributed by atoms with Crippen LogP contribution in [-0.2, 0) is 30.3 Å². The second kappa shape index (κ2) is 18.3. The summed E-state index contributed by atoms with van der Waals surface area (Å²) in [6, 6.07) is 12.2. The second-order valence-electron chi connectivity index (χ2n) is 10.2. The van der Waals surface area contributed by atoms with E-state index in [1.165, 1.54) is 16.7 Å². The minimum absolute atomic E-state index is 0.153. The zero-order chi connectivity index (χ0) is 30.2. The highest BCUT2D eigenvalue weighted by Crippen LogP contribution is 2.20. The molecule has 4 N–H and O–H groups in total. The lowest BCUT2D eigenvalue weighted by molar-refractivity contribution is -0.172. The zero-order valence-corrected chi connectivity index (χ0v) is 25.0. The van der Waals surface area contributed by atoms with Crippen LogP contribution >= 0.6 is 11.6 Å². The van der Waals surface area contributed by atoms with Gasteiger partial charge in [0.25, 0.3) is 5.91 Å². The number of carbonyl (C=O) groups is 3. The summed E-state index contributed by atoms with van der Waals surface area (Å²) in [5, 5.41) is 25.3. The van der Waals surface area contributed by atoms with Crippen molar-refractivity contribution in [1.82, 2.24) is 5.32 Å². The van der Waals surface area contributed by atoms with Crippen LogP contribution in [0.5, 0.6) is 0 Å². The molecule has 0 heterocycles. The smallest absolute Gasteiger partial charge is 0.336 e. The van der Waals surface area contributed by atoms with Gasteiger partial charge >= 0.3 is 11.9 Å². The number of unbranched alkanes of at least 4 members (excludes halogenated alkanes) is 4. The molecular formula is C31H43ClN2O7. The van der Waals surface area contributed by atoms with E-state index in [4.69, 9.17) is 26.2 Å². The van der Waals surface area contributed by atoms with Gasteiger partial charge < -0.3 is 30.3 Å². The molecule has 1 amide bonds. The molecule has 2 atom stereocenters. The SMILES string of the molecule is Cc1ccc(CCCCCOC(C(=O)NCCCCCNc2ccc(C)c(Cl)c2)C(OCC(=O)O)C(=O)O)cc1C.